The molecule has 0 saturated carbocycles. The first-order chi connectivity index (χ1) is 6.83. The molecule has 3 nitrogen and oxygen atoms in total. The molecule has 0 spiro atoms. The van der Waals surface area contributed by atoms with Crippen molar-refractivity contribution in [3.05, 3.63) is 30.3 Å². The molecule has 0 radical (unpaired) electrons. The van der Waals surface area contributed by atoms with Crippen molar-refractivity contribution in [2.75, 3.05) is 19.1 Å². The molecule has 0 aliphatic rings. The fourth-order valence-electron chi connectivity index (χ4n) is 0.853. The Labute approximate surface area is 87.6 Å². The zero-order chi connectivity index (χ0) is 10.2. The molecule has 76 valence electrons. The summed E-state index contributed by atoms with van der Waals surface area (Å²) in [6.07, 6.45) is 0. The lowest BCUT2D eigenvalue weighted by Gasteiger charge is -2.05. The van der Waals surface area contributed by atoms with Gasteiger partial charge in [-0.15, -0.1) is 11.6 Å². The topological polar surface area (TPSA) is 35.5 Å². The highest BCUT2D eigenvalue weighted by Crippen LogP contribution is 2.07. The van der Waals surface area contributed by atoms with Crippen molar-refractivity contribution in [3.8, 4) is 5.75 Å². The predicted molar refractivity (Wildman–Crippen MR) is 53.6 cm³/mol. The van der Waals surface area contributed by atoms with Crippen LogP contribution in [0.4, 0.5) is 0 Å². The van der Waals surface area contributed by atoms with Gasteiger partial charge in [-0.05, 0) is 12.1 Å². The molecule has 1 aromatic rings. The number of carbonyl (C=O) groups excluding carboxylic acids is 1. The molecule has 0 aliphatic heterocycles. The molecular formula is C10H11ClO3. The Kier molecular flexibility index (Phi) is 4.86. The van der Waals surface area contributed by atoms with E-state index >= 15 is 0 Å². The van der Waals surface area contributed by atoms with Crippen LogP contribution >= 0.6 is 11.6 Å². The smallest absolute Gasteiger partial charge is 0.344 e. The van der Waals surface area contributed by atoms with Gasteiger partial charge in [-0.25, -0.2) is 4.79 Å². The van der Waals surface area contributed by atoms with Crippen molar-refractivity contribution in [2.24, 2.45) is 0 Å². The van der Waals surface area contributed by atoms with Crippen molar-refractivity contribution in [1.29, 1.82) is 0 Å². The highest BCUT2D eigenvalue weighted by Gasteiger charge is 2.02. The SMILES string of the molecule is O=C(COc1ccccc1)OCCCl. The van der Waals surface area contributed by atoms with Crippen molar-refractivity contribution in [1.82, 2.24) is 0 Å². The highest BCUT2D eigenvalue weighted by molar-refractivity contribution is 6.18. The molecule has 0 heterocycles. The van der Waals surface area contributed by atoms with Crippen LogP contribution in [0, 0.1) is 0 Å². The first-order valence-electron chi connectivity index (χ1n) is 4.22. The maximum absolute atomic E-state index is 11.0. The number of benzene rings is 1. The Bertz CT molecular complexity index is 274. The van der Waals surface area contributed by atoms with Gasteiger partial charge >= 0.3 is 5.97 Å². The summed E-state index contributed by atoms with van der Waals surface area (Å²) in [7, 11) is 0. The van der Waals surface area contributed by atoms with Gasteiger partial charge in [0.2, 0.25) is 0 Å². The summed E-state index contributed by atoms with van der Waals surface area (Å²) in [5, 5.41) is 0. The number of carbonyl (C=O) groups is 1. The number of hydrogen-bond acceptors (Lipinski definition) is 3. The van der Waals surface area contributed by atoms with Gasteiger partial charge < -0.3 is 9.47 Å². The van der Waals surface area contributed by atoms with Crippen LogP contribution in [0.5, 0.6) is 5.75 Å². The minimum Gasteiger partial charge on any atom is -0.482 e. The van der Waals surface area contributed by atoms with Crippen molar-refractivity contribution < 1.29 is 14.3 Å². The zero-order valence-electron chi connectivity index (χ0n) is 7.61. The molecule has 0 aromatic heterocycles. The molecule has 0 aliphatic carbocycles. The van der Waals surface area contributed by atoms with Crippen LogP contribution in [0.3, 0.4) is 0 Å². The fourth-order valence-corrected chi connectivity index (χ4v) is 0.930. The molecule has 0 unspecified atom stereocenters. The van der Waals surface area contributed by atoms with E-state index in [1.54, 1.807) is 12.1 Å². The first-order valence-corrected chi connectivity index (χ1v) is 4.76. The summed E-state index contributed by atoms with van der Waals surface area (Å²) < 4.78 is 9.86. The number of halogens is 1. The van der Waals surface area contributed by atoms with Crippen LogP contribution in [0.25, 0.3) is 0 Å². The number of para-hydroxylation sites is 1. The molecule has 0 atom stereocenters. The van der Waals surface area contributed by atoms with Crippen LogP contribution < -0.4 is 4.74 Å². The molecule has 14 heavy (non-hydrogen) atoms. The van der Waals surface area contributed by atoms with Crippen molar-refractivity contribution in [2.45, 2.75) is 0 Å². The molecule has 0 fully saturated rings. The Morgan fingerprint density at radius 3 is 2.64 bits per heavy atom. The minimum absolute atomic E-state index is 0.0824. The van der Waals surface area contributed by atoms with Crippen LogP contribution in [0.1, 0.15) is 0 Å². The molecule has 4 heteroatoms. The fraction of sp³-hybridized carbons (Fsp3) is 0.300. The number of hydrogen-bond donors (Lipinski definition) is 0. The molecule has 0 saturated heterocycles. The third kappa shape index (κ3) is 4.14. The van der Waals surface area contributed by atoms with Gasteiger partial charge in [-0.3, -0.25) is 0 Å². The lowest BCUT2D eigenvalue weighted by molar-refractivity contribution is -0.145. The summed E-state index contributed by atoms with van der Waals surface area (Å²) in [6.45, 7) is 0.138. The van der Waals surface area contributed by atoms with Gasteiger partial charge in [0.1, 0.15) is 12.4 Å². The summed E-state index contributed by atoms with van der Waals surface area (Å²) >= 11 is 5.34. The average Bonchev–Trinajstić information content (AvgIpc) is 2.25. The van der Waals surface area contributed by atoms with Crippen molar-refractivity contribution >= 4 is 17.6 Å². The minimum atomic E-state index is -0.408. The lowest BCUT2D eigenvalue weighted by atomic mass is 10.3. The quantitative estimate of drug-likeness (QED) is 0.554. The normalized spacial score (nSPS) is 9.50. The zero-order valence-corrected chi connectivity index (χ0v) is 8.37. The maximum atomic E-state index is 11.0. The predicted octanol–water partition coefficient (Wildman–Crippen LogP) is 1.85. The molecule has 0 amide bonds. The monoisotopic (exact) mass is 214 g/mol. The van der Waals surface area contributed by atoms with Gasteiger partial charge in [0.15, 0.2) is 6.61 Å². The van der Waals surface area contributed by atoms with E-state index in [4.69, 9.17) is 21.1 Å². The summed E-state index contributed by atoms with van der Waals surface area (Å²) in [6, 6.07) is 9.08. The van der Waals surface area contributed by atoms with Crippen LogP contribution in [-0.2, 0) is 9.53 Å². The van der Waals surface area contributed by atoms with E-state index in [9.17, 15) is 4.79 Å². The number of rotatable bonds is 5. The molecule has 1 aromatic carbocycles. The number of alkyl halides is 1. The van der Waals surface area contributed by atoms with E-state index in [0.717, 1.165) is 0 Å². The van der Waals surface area contributed by atoms with Crippen LogP contribution in [-0.4, -0.2) is 25.1 Å². The second kappa shape index (κ2) is 6.27. The third-order valence-corrected chi connectivity index (χ3v) is 1.59. The Morgan fingerprint density at radius 2 is 2.00 bits per heavy atom. The van der Waals surface area contributed by atoms with Gasteiger partial charge in [0.25, 0.3) is 0 Å². The van der Waals surface area contributed by atoms with Gasteiger partial charge in [0.05, 0.1) is 5.88 Å². The molecule has 1 rings (SSSR count). The maximum Gasteiger partial charge on any atom is 0.344 e. The van der Waals surface area contributed by atoms with E-state index in [2.05, 4.69) is 0 Å². The lowest BCUT2D eigenvalue weighted by Crippen LogP contribution is -2.15. The molecule has 0 N–H and O–H groups in total. The van der Waals surface area contributed by atoms with E-state index in [-0.39, 0.29) is 13.2 Å². The van der Waals surface area contributed by atoms with E-state index in [1.165, 1.54) is 0 Å². The van der Waals surface area contributed by atoms with Gasteiger partial charge in [-0.1, -0.05) is 18.2 Å². The number of ether oxygens (including phenoxy) is 2. The number of esters is 1. The van der Waals surface area contributed by atoms with E-state index in [0.29, 0.717) is 11.6 Å². The van der Waals surface area contributed by atoms with E-state index in [1.807, 2.05) is 18.2 Å². The Balaban J connectivity index is 2.24. The Hall–Kier alpha value is -1.22. The van der Waals surface area contributed by atoms with Gasteiger partial charge in [0, 0.05) is 0 Å². The second-order valence-corrected chi connectivity index (χ2v) is 2.89. The third-order valence-electron chi connectivity index (χ3n) is 1.44. The first kappa shape index (κ1) is 10.9. The summed E-state index contributed by atoms with van der Waals surface area (Å²) in [5.74, 6) is 0.543. The molecule has 0 bridgehead atoms. The average molecular weight is 215 g/mol. The van der Waals surface area contributed by atoms with E-state index < -0.39 is 5.97 Å². The second-order valence-electron chi connectivity index (χ2n) is 2.51. The highest BCUT2D eigenvalue weighted by atomic mass is 35.5. The standard InChI is InChI=1S/C10H11ClO3/c11-6-7-13-10(12)8-14-9-4-2-1-3-5-9/h1-5H,6-8H2. The Morgan fingerprint density at radius 1 is 1.29 bits per heavy atom. The van der Waals surface area contributed by atoms with Crippen molar-refractivity contribution in [3.63, 3.8) is 0 Å². The largest absolute Gasteiger partial charge is 0.482 e. The van der Waals surface area contributed by atoms with Crippen LogP contribution in [0.15, 0.2) is 30.3 Å². The van der Waals surface area contributed by atoms with Gasteiger partial charge in [-0.2, -0.15) is 0 Å². The van der Waals surface area contributed by atoms with Crippen LogP contribution in [0.2, 0.25) is 0 Å². The molecular weight excluding hydrogens is 204 g/mol. The summed E-state index contributed by atoms with van der Waals surface area (Å²) in [4.78, 5) is 11.0. The summed E-state index contributed by atoms with van der Waals surface area (Å²) in [5.41, 5.74) is 0.